The third-order valence-corrected chi connectivity index (χ3v) is 4.61. The second kappa shape index (κ2) is 9.40. The Bertz CT molecular complexity index is 957. The van der Waals surface area contributed by atoms with E-state index in [0.29, 0.717) is 17.0 Å². The van der Waals surface area contributed by atoms with Crippen molar-refractivity contribution in [3.63, 3.8) is 0 Å². The molecule has 0 saturated carbocycles. The van der Waals surface area contributed by atoms with E-state index in [1.807, 2.05) is 6.92 Å². The number of hydrogen-bond donors (Lipinski definition) is 2. The number of anilines is 1. The van der Waals surface area contributed by atoms with Gasteiger partial charge in [0.15, 0.2) is 4.77 Å². The van der Waals surface area contributed by atoms with E-state index in [-0.39, 0.29) is 18.8 Å². The van der Waals surface area contributed by atoms with Gasteiger partial charge in [0, 0.05) is 19.2 Å². The molecule has 0 unspecified atom stereocenters. The van der Waals surface area contributed by atoms with Crippen LogP contribution in [0.25, 0.3) is 0 Å². The molecule has 12 heteroatoms. The van der Waals surface area contributed by atoms with Crippen molar-refractivity contribution in [1.29, 1.82) is 0 Å². The van der Waals surface area contributed by atoms with E-state index in [1.54, 1.807) is 4.57 Å². The molecule has 0 aliphatic rings. The summed E-state index contributed by atoms with van der Waals surface area (Å²) in [5.74, 6) is -0.424. The molecule has 1 aromatic carbocycles. The average molecular weight is 450 g/mol. The van der Waals surface area contributed by atoms with Crippen LogP contribution in [-0.4, -0.2) is 45.1 Å². The SMILES string of the molecule is CCCc1n[nH]c(=S)n1CC(=O)N(C)CC(=O)Nc1ccc(Cl)c(C(F)(F)F)c1. The number of alkyl halides is 3. The largest absolute Gasteiger partial charge is 0.417 e. The molecule has 1 aromatic heterocycles. The van der Waals surface area contributed by atoms with E-state index in [9.17, 15) is 22.8 Å². The van der Waals surface area contributed by atoms with Gasteiger partial charge in [0.05, 0.1) is 17.1 Å². The fourth-order valence-electron chi connectivity index (χ4n) is 2.51. The number of benzene rings is 1. The normalized spacial score (nSPS) is 11.4. The van der Waals surface area contributed by atoms with E-state index in [0.717, 1.165) is 23.5 Å². The first-order chi connectivity index (χ1) is 13.5. The Balaban J connectivity index is 2.01. The zero-order valence-electron chi connectivity index (χ0n) is 15.6. The van der Waals surface area contributed by atoms with Crippen LogP contribution in [-0.2, 0) is 28.7 Å². The first-order valence-corrected chi connectivity index (χ1v) is 9.36. The third kappa shape index (κ3) is 6.04. The lowest BCUT2D eigenvalue weighted by atomic mass is 10.2. The van der Waals surface area contributed by atoms with Gasteiger partial charge in [-0.3, -0.25) is 19.3 Å². The van der Waals surface area contributed by atoms with Crippen molar-refractivity contribution >= 4 is 41.3 Å². The van der Waals surface area contributed by atoms with Gasteiger partial charge in [-0.1, -0.05) is 18.5 Å². The van der Waals surface area contributed by atoms with E-state index in [4.69, 9.17) is 23.8 Å². The maximum Gasteiger partial charge on any atom is 0.417 e. The molecule has 0 fully saturated rings. The molecular formula is C17H19ClF3N5O2S. The minimum Gasteiger partial charge on any atom is -0.335 e. The summed E-state index contributed by atoms with van der Waals surface area (Å²) in [7, 11) is 1.41. The number of aromatic nitrogens is 3. The highest BCUT2D eigenvalue weighted by molar-refractivity contribution is 7.71. The molecule has 0 bridgehead atoms. The van der Waals surface area contributed by atoms with E-state index < -0.39 is 28.6 Å². The number of carbonyl (C=O) groups is 2. The van der Waals surface area contributed by atoms with Crippen LogP contribution in [0.5, 0.6) is 0 Å². The van der Waals surface area contributed by atoms with Gasteiger partial charge >= 0.3 is 6.18 Å². The van der Waals surface area contributed by atoms with Crippen molar-refractivity contribution in [3.8, 4) is 0 Å². The molecule has 1 heterocycles. The minimum absolute atomic E-state index is 0.0742. The number of aromatic amines is 1. The van der Waals surface area contributed by atoms with Crippen molar-refractivity contribution in [3.05, 3.63) is 39.4 Å². The lowest BCUT2D eigenvalue weighted by molar-refractivity contribution is -0.137. The summed E-state index contributed by atoms with van der Waals surface area (Å²) in [6.45, 7) is 1.51. The summed E-state index contributed by atoms with van der Waals surface area (Å²) in [4.78, 5) is 25.7. The molecule has 0 aliphatic carbocycles. The number of aryl methyl sites for hydroxylation is 1. The standard InChI is InChI=1S/C17H19ClF3N5O2S/c1-3-4-13-23-24-16(29)26(13)9-15(28)25(2)8-14(27)22-10-5-6-12(18)11(7-10)17(19,20)21/h5-7H,3-4,8-9H2,1-2H3,(H,22,27)(H,24,29). The molecular weight excluding hydrogens is 431 g/mol. The molecule has 2 amide bonds. The Morgan fingerprint density at radius 2 is 2.07 bits per heavy atom. The van der Waals surface area contributed by atoms with Crippen molar-refractivity contribution < 1.29 is 22.8 Å². The molecule has 0 saturated heterocycles. The van der Waals surface area contributed by atoms with Crippen LogP contribution in [0.2, 0.25) is 5.02 Å². The van der Waals surface area contributed by atoms with Gasteiger partial charge in [0.2, 0.25) is 11.8 Å². The second-order valence-corrected chi connectivity index (χ2v) is 7.07. The number of H-pyrrole nitrogens is 1. The fourth-order valence-corrected chi connectivity index (χ4v) is 2.95. The Kier molecular flexibility index (Phi) is 7.42. The molecule has 158 valence electrons. The number of amides is 2. The van der Waals surface area contributed by atoms with Crippen LogP contribution in [0.1, 0.15) is 24.7 Å². The third-order valence-electron chi connectivity index (χ3n) is 3.97. The molecule has 2 N–H and O–H groups in total. The first kappa shape index (κ1) is 22.9. The molecule has 0 radical (unpaired) electrons. The van der Waals surface area contributed by atoms with Crippen LogP contribution < -0.4 is 5.32 Å². The smallest absolute Gasteiger partial charge is 0.335 e. The van der Waals surface area contributed by atoms with E-state index in [1.165, 1.54) is 13.1 Å². The van der Waals surface area contributed by atoms with Crippen LogP contribution in [0.15, 0.2) is 18.2 Å². The molecule has 2 rings (SSSR count). The van der Waals surface area contributed by atoms with Gasteiger partial charge < -0.3 is 10.2 Å². The summed E-state index contributed by atoms with van der Waals surface area (Å²) in [5.41, 5.74) is -1.13. The number of carbonyl (C=O) groups excluding carboxylic acids is 2. The molecule has 0 aliphatic heterocycles. The summed E-state index contributed by atoms with van der Waals surface area (Å²) in [6.07, 6.45) is -3.21. The van der Waals surface area contributed by atoms with Gasteiger partial charge in [0.1, 0.15) is 12.4 Å². The summed E-state index contributed by atoms with van der Waals surface area (Å²) in [5, 5.41) is 8.55. The van der Waals surface area contributed by atoms with Gasteiger partial charge in [-0.15, -0.1) is 0 Å². The zero-order chi connectivity index (χ0) is 21.8. The second-order valence-electron chi connectivity index (χ2n) is 6.27. The van der Waals surface area contributed by atoms with E-state index >= 15 is 0 Å². The van der Waals surface area contributed by atoms with Crippen LogP contribution in [0, 0.1) is 4.77 Å². The minimum atomic E-state index is -4.65. The highest BCUT2D eigenvalue weighted by atomic mass is 35.5. The Morgan fingerprint density at radius 1 is 1.38 bits per heavy atom. The van der Waals surface area contributed by atoms with Crippen molar-refractivity contribution in [2.45, 2.75) is 32.5 Å². The molecule has 0 atom stereocenters. The number of nitrogens with one attached hydrogen (secondary N) is 2. The lowest BCUT2D eigenvalue weighted by Gasteiger charge is -2.18. The number of halogens is 4. The molecule has 2 aromatic rings. The highest BCUT2D eigenvalue weighted by Gasteiger charge is 2.33. The van der Waals surface area contributed by atoms with Gasteiger partial charge in [-0.05, 0) is 36.8 Å². The highest BCUT2D eigenvalue weighted by Crippen LogP contribution is 2.36. The predicted octanol–water partition coefficient (Wildman–Crippen LogP) is 3.66. The molecule has 0 spiro atoms. The predicted molar refractivity (Wildman–Crippen MR) is 104 cm³/mol. The number of rotatable bonds is 7. The van der Waals surface area contributed by atoms with Gasteiger partial charge in [0.25, 0.3) is 0 Å². The Labute approximate surface area is 174 Å². The van der Waals surface area contributed by atoms with Gasteiger partial charge in [-0.25, -0.2) is 0 Å². The maximum absolute atomic E-state index is 12.9. The summed E-state index contributed by atoms with van der Waals surface area (Å²) >= 11 is 10.7. The zero-order valence-corrected chi connectivity index (χ0v) is 17.2. The number of nitrogens with zero attached hydrogens (tertiary/aromatic N) is 3. The van der Waals surface area contributed by atoms with Crippen LogP contribution in [0.3, 0.4) is 0 Å². The first-order valence-electron chi connectivity index (χ1n) is 8.57. The van der Waals surface area contributed by atoms with Crippen LogP contribution >= 0.6 is 23.8 Å². The Hall–Kier alpha value is -2.40. The van der Waals surface area contributed by atoms with Crippen molar-refractivity contribution in [2.24, 2.45) is 0 Å². The molecule has 29 heavy (non-hydrogen) atoms. The number of likely N-dealkylation sites (N-methyl/N-ethyl adjacent to an activating group) is 1. The van der Waals surface area contributed by atoms with Crippen molar-refractivity contribution in [1.82, 2.24) is 19.7 Å². The van der Waals surface area contributed by atoms with Crippen molar-refractivity contribution in [2.75, 3.05) is 18.9 Å². The topological polar surface area (TPSA) is 83.0 Å². The lowest BCUT2D eigenvalue weighted by Crippen LogP contribution is -2.37. The maximum atomic E-state index is 12.9. The summed E-state index contributed by atoms with van der Waals surface area (Å²) in [6, 6.07) is 3.04. The number of hydrogen-bond acceptors (Lipinski definition) is 4. The monoisotopic (exact) mass is 449 g/mol. The van der Waals surface area contributed by atoms with Crippen LogP contribution in [0.4, 0.5) is 18.9 Å². The van der Waals surface area contributed by atoms with Gasteiger partial charge in [-0.2, -0.15) is 18.3 Å². The fraction of sp³-hybridized carbons (Fsp3) is 0.412. The van der Waals surface area contributed by atoms with E-state index in [2.05, 4.69) is 15.5 Å². The summed E-state index contributed by atoms with van der Waals surface area (Å²) < 4.78 is 40.6. The molecule has 7 nitrogen and oxygen atoms in total. The Morgan fingerprint density at radius 3 is 2.69 bits per heavy atom. The quantitative estimate of drug-likeness (QED) is 0.632. The average Bonchev–Trinajstić information content (AvgIpc) is 2.96.